The second-order valence-corrected chi connectivity index (χ2v) is 7.61. The molecule has 1 heterocycles. The summed E-state index contributed by atoms with van der Waals surface area (Å²) >= 11 is 7.39. The first kappa shape index (κ1) is 20.9. The van der Waals surface area contributed by atoms with Crippen molar-refractivity contribution in [2.24, 2.45) is 0 Å². The highest BCUT2D eigenvalue weighted by atomic mass is 35.5. The lowest BCUT2D eigenvalue weighted by Gasteiger charge is -2.15. The Hall–Kier alpha value is -2.84. The van der Waals surface area contributed by atoms with Crippen LogP contribution in [0.4, 0.5) is 5.69 Å². The van der Waals surface area contributed by atoms with Gasteiger partial charge in [-0.15, -0.1) is 0 Å². The molecule has 2 aromatic carbocycles. The van der Waals surface area contributed by atoms with E-state index in [0.717, 1.165) is 5.56 Å². The maximum Gasteiger partial charge on any atom is 0.306 e. The van der Waals surface area contributed by atoms with Crippen LogP contribution in [0.3, 0.4) is 0 Å². The summed E-state index contributed by atoms with van der Waals surface area (Å²) in [4.78, 5) is 23.4. The fourth-order valence-electron chi connectivity index (χ4n) is 2.57. The second-order valence-electron chi connectivity index (χ2n) is 6.03. The normalized spacial score (nSPS) is 17.1. The number of anilines is 1. The first-order valence-corrected chi connectivity index (χ1v) is 9.94. The summed E-state index contributed by atoms with van der Waals surface area (Å²) in [6, 6.07) is 12.3. The van der Waals surface area contributed by atoms with Gasteiger partial charge in [-0.1, -0.05) is 35.5 Å². The van der Waals surface area contributed by atoms with Crippen molar-refractivity contribution in [2.75, 3.05) is 19.0 Å². The first-order valence-electron chi connectivity index (χ1n) is 8.68. The van der Waals surface area contributed by atoms with E-state index in [1.807, 2.05) is 0 Å². The molecule has 1 aliphatic heterocycles. The Bertz CT molecular complexity index is 933. The van der Waals surface area contributed by atoms with Gasteiger partial charge in [0.15, 0.2) is 5.50 Å². The molecular formula is C20H19ClN2O5S. The van der Waals surface area contributed by atoms with Crippen LogP contribution in [0.5, 0.6) is 11.5 Å². The molecule has 0 saturated carbocycles. The molecule has 3 N–H and O–H groups in total. The van der Waals surface area contributed by atoms with Gasteiger partial charge >= 0.3 is 5.97 Å². The monoisotopic (exact) mass is 434 g/mol. The zero-order valence-electron chi connectivity index (χ0n) is 15.5. The van der Waals surface area contributed by atoms with E-state index in [9.17, 15) is 9.59 Å². The Kier molecular flexibility index (Phi) is 6.90. The van der Waals surface area contributed by atoms with Crippen LogP contribution in [0.15, 0.2) is 47.4 Å². The van der Waals surface area contributed by atoms with Gasteiger partial charge < -0.3 is 25.2 Å². The SMILES string of the molecule is COc1ccc(Cl)cc1NC1NC(=O)/C(=C/c2ccc(OCCC(=O)O)cc2)S1. The van der Waals surface area contributed by atoms with Gasteiger partial charge in [-0.05, 0) is 42.0 Å². The lowest BCUT2D eigenvalue weighted by atomic mass is 10.2. The summed E-state index contributed by atoms with van der Waals surface area (Å²) in [7, 11) is 1.56. The maximum absolute atomic E-state index is 12.3. The summed E-state index contributed by atoms with van der Waals surface area (Å²) in [6.45, 7) is 0.105. The number of nitrogens with one attached hydrogen (secondary N) is 2. The van der Waals surface area contributed by atoms with Crippen molar-refractivity contribution in [1.82, 2.24) is 5.32 Å². The fraction of sp³-hybridized carbons (Fsp3) is 0.200. The summed E-state index contributed by atoms with van der Waals surface area (Å²) in [5.41, 5.74) is 1.15. The molecule has 3 rings (SSSR count). The Morgan fingerprint density at radius 1 is 1.31 bits per heavy atom. The quantitative estimate of drug-likeness (QED) is 0.543. The molecule has 1 saturated heterocycles. The topological polar surface area (TPSA) is 96.9 Å². The van der Waals surface area contributed by atoms with Crippen molar-refractivity contribution in [3.63, 3.8) is 0 Å². The van der Waals surface area contributed by atoms with Gasteiger partial charge in [0, 0.05) is 5.02 Å². The van der Waals surface area contributed by atoms with Crippen molar-refractivity contribution in [3.8, 4) is 11.5 Å². The first-order chi connectivity index (χ1) is 13.9. The molecule has 1 fully saturated rings. The van der Waals surface area contributed by atoms with E-state index in [2.05, 4.69) is 10.6 Å². The molecule has 0 spiro atoms. The Balaban J connectivity index is 1.63. The molecule has 0 radical (unpaired) electrons. The lowest BCUT2D eigenvalue weighted by Crippen LogP contribution is -2.31. The van der Waals surface area contributed by atoms with E-state index in [4.69, 9.17) is 26.2 Å². The molecule has 9 heteroatoms. The van der Waals surface area contributed by atoms with Crippen LogP contribution in [0.2, 0.25) is 5.02 Å². The van der Waals surface area contributed by atoms with Gasteiger partial charge in [-0.2, -0.15) is 0 Å². The number of ether oxygens (including phenoxy) is 2. The largest absolute Gasteiger partial charge is 0.495 e. The molecule has 1 atom stereocenters. The van der Waals surface area contributed by atoms with Gasteiger partial charge in [-0.3, -0.25) is 9.59 Å². The predicted molar refractivity (Wildman–Crippen MR) is 113 cm³/mol. The minimum atomic E-state index is -0.908. The van der Waals surface area contributed by atoms with Gasteiger partial charge in [0.1, 0.15) is 11.5 Å². The van der Waals surface area contributed by atoms with Crippen molar-refractivity contribution in [2.45, 2.75) is 11.9 Å². The minimum Gasteiger partial charge on any atom is -0.495 e. The smallest absolute Gasteiger partial charge is 0.306 e. The van der Waals surface area contributed by atoms with Crippen molar-refractivity contribution >= 4 is 47.0 Å². The number of carboxylic acids is 1. The van der Waals surface area contributed by atoms with Crippen molar-refractivity contribution in [1.29, 1.82) is 0 Å². The number of rotatable bonds is 8. The predicted octanol–water partition coefficient (Wildman–Crippen LogP) is 3.80. The lowest BCUT2D eigenvalue weighted by molar-refractivity contribution is -0.137. The van der Waals surface area contributed by atoms with Gasteiger partial charge in [0.25, 0.3) is 5.91 Å². The number of aliphatic carboxylic acids is 1. The number of thioether (sulfide) groups is 1. The van der Waals surface area contributed by atoms with Crippen LogP contribution in [0, 0.1) is 0 Å². The number of hydrogen-bond acceptors (Lipinski definition) is 6. The van der Waals surface area contributed by atoms with E-state index >= 15 is 0 Å². The average molecular weight is 435 g/mol. The summed E-state index contributed by atoms with van der Waals surface area (Å²) < 4.78 is 10.7. The minimum absolute atomic E-state index is 0.0611. The number of methoxy groups -OCH3 is 1. The van der Waals surface area contributed by atoms with Crippen LogP contribution >= 0.6 is 23.4 Å². The highest BCUT2D eigenvalue weighted by Gasteiger charge is 2.27. The third-order valence-corrected chi connectivity index (χ3v) is 5.21. The number of carbonyl (C=O) groups excluding carboxylic acids is 1. The zero-order valence-corrected chi connectivity index (χ0v) is 17.0. The van der Waals surface area contributed by atoms with Crippen molar-refractivity contribution < 1.29 is 24.2 Å². The van der Waals surface area contributed by atoms with E-state index < -0.39 is 5.97 Å². The zero-order chi connectivity index (χ0) is 20.8. The van der Waals surface area contributed by atoms with Gasteiger partial charge in [0.2, 0.25) is 0 Å². The molecule has 0 aromatic heterocycles. The van der Waals surface area contributed by atoms with Crippen LogP contribution in [0.1, 0.15) is 12.0 Å². The highest BCUT2D eigenvalue weighted by molar-refractivity contribution is 8.05. The summed E-state index contributed by atoms with van der Waals surface area (Å²) in [5.74, 6) is 0.106. The Morgan fingerprint density at radius 3 is 2.76 bits per heavy atom. The summed E-state index contributed by atoms with van der Waals surface area (Å²) in [6.07, 6.45) is 1.71. The molecule has 7 nitrogen and oxygen atoms in total. The molecule has 0 aliphatic carbocycles. The number of amides is 1. The third-order valence-electron chi connectivity index (χ3n) is 3.94. The molecule has 0 bridgehead atoms. The number of hydrogen-bond donors (Lipinski definition) is 3. The standard InChI is InChI=1S/C20H19ClN2O5S/c1-27-16-7-4-13(21)11-15(16)22-20-23-19(26)17(29-20)10-12-2-5-14(6-3-12)28-9-8-18(24)25/h2-7,10-11,20,22H,8-9H2,1H3,(H,23,26)(H,24,25)/b17-10-. The number of carbonyl (C=O) groups is 2. The van der Waals surface area contributed by atoms with Crippen LogP contribution in [-0.2, 0) is 9.59 Å². The van der Waals surface area contributed by atoms with Gasteiger partial charge in [0.05, 0.1) is 30.7 Å². The molecule has 1 unspecified atom stereocenters. The van der Waals surface area contributed by atoms with Crippen LogP contribution in [0.25, 0.3) is 6.08 Å². The van der Waals surface area contributed by atoms with E-state index in [0.29, 0.717) is 27.1 Å². The average Bonchev–Trinajstić information content (AvgIpc) is 3.02. The third kappa shape index (κ3) is 5.82. The highest BCUT2D eigenvalue weighted by Crippen LogP contribution is 2.34. The molecule has 29 heavy (non-hydrogen) atoms. The van der Waals surface area contributed by atoms with Crippen molar-refractivity contribution in [3.05, 3.63) is 58.0 Å². The van der Waals surface area contributed by atoms with E-state index in [1.54, 1.807) is 55.7 Å². The Labute approximate surface area is 177 Å². The van der Waals surface area contributed by atoms with E-state index in [-0.39, 0.29) is 24.4 Å². The second kappa shape index (κ2) is 9.58. The fourth-order valence-corrected chi connectivity index (χ4v) is 3.72. The Morgan fingerprint density at radius 2 is 2.07 bits per heavy atom. The maximum atomic E-state index is 12.3. The molecule has 152 valence electrons. The molecule has 1 aliphatic rings. The van der Waals surface area contributed by atoms with E-state index in [1.165, 1.54) is 11.8 Å². The van der Waals surface area contributed by atoms with Crippen LogP contribution < -0.4 is 20.1 Å². The molecule has 1 amide bonds. The van der Waals surface area contributed by atoms with Crippen LogP contribution in [-0.4, -0.2) is 36.2 Å². The number of benzene rings is 2. The number of carboxylic acid groups (broad SMARTS) is 1. The van der Waals surface area contributed by atoms with Gasteiger partial charge in [-0.25, -0.2) is 0 Å². The molecular weight excluding hydrogens is 416 g/mol. The molecule has 2 aromatic rings. The number of halogens is 1. The summed E-state index contributed by atoms with van der Waals surface area (Å²) in [5, 5.41) is 15.3.